The van der Waals surface area contributed by atoms with Crippen molar-refractivity contribution in [2.24, 2.45) is 11.1 Å². The fraction of sp³-hybridized carbons (Fsp3) is 0.562. The van der Waals surface area contributed by atoms with Gasteiger partial charge in [-0.05, 0) is 24.5 Å². The second-order valence-electron chi connectivity index (χ2n) is 6.25. The molecule has 1 heterocycles. The number of hydrogen-bond donors (Lipinski definition) is 1. The van der Waals surface area contributed by atoms with Gasteiger partial charge in [0, 0.05) is 12.0 Å². The van der Waals surface area contributed by atoms with Gasteiger partial charge in [0.1, 0.15) is 11.5 Å². The number of ether oxygens (including phenoxy) is 1. The van der Waals surface area contributed by atoms with Crippen molar-refractivity contribution in [3.05, 3.63) is 23.8 Å². The Morgan fingerprint density at radius 1 is 1.04 bits per heavy atom. The normalized spacial score (nSPS) is 25.2. The monoisotopic (exact) mass is 339 g/mol. The van der Waals surface area contributed by atoms with E-state index < -0.39 is 10.3 Å². The molecule has 3 rings (SSSR count). The van der Waals surface area contributed by atoms with Crippen molar-refractivity contribution in [1.29, 1.82) is 0 Å². The first-order valence-electron chi connectivity index (χ1n) is 8.02. The van der Waals surface area contributed by atoms with Crippen molar-refractivity contribution >= 4 is 16.3 Å². The first-order chi connectivity index (χ1) is 10.9. The van der Waals surface area contributed by atoms with Gasteiger partial charge in [0.25, 0.3) is 0 Å². The lowest BCUT2D eigenvalue weighted by atomic mass is 9.78. The van der Waals surface area contributed by atoms with Gasteiger partial charge in [-0.2, -0.15) is 13.6 Å². The highest BCUT2D eigenvalue weighted by molar-refractivity contribution is 7.84. The minimum absolute atomic E-state index is 0.0561. The Hall–Kier alpha value is -1.60. The van der Waals surface area contributed by atoms with Crippen molar-refractivity contribution in [2.75, 3.05) is 0 Å². The predicted octanol–water partition coefficient (Wildman–Crippen LogP) is 2.63. The van der Waals surface area contributed by atoms with Gasteiger partial charge in [-0.25, -0.2) is 0 Å². The molecule has 2 aliphatic rings. The number of nitrogens with two attached hydrogens (primary N) is 1. The van der Waals surface area contributed by atoms with Crippen molar-refractivity contribution in [3.63, 3.8) is 0 Å². The summed E-state index contributed by atoms with van der Waals surface area (Å²) in [5, 5.41) is 4.87. The van der Waals surface area contributed by atoms with E-state index in [2.05, 4.69) is 4.18 Å². The molecule has 1 fully saturated rings. The molecule has 0 saturated heterocycles. The van der Waals surface area contributed by atoms with Crippen LogP contribution in [0.5, 0.6) is 11.5 Å². The van der Waals surface area contributed by atoms with Gasteiger partial charge in [-0.15, -0.1) is 0 Å². The first-order valence-corrected chi connectivity index (χ1v) is 9.49. The summed E-state index contributed by atoms with van der Waals surface area (Å²) in [6.07, 6.45) is 7.47. The number of carbonyl (C=O) groups excluding carboxylic acids is 1. The van der Waals surface area contributed by atoms with Crippen LogP contribution < -0.4 is 14.1 Å². The predicted molar refractivity (Wildman–Crippen MR) is 84.4 cm³/mol. The Bertz CT molecular complexity index is 700. The summed E-state index contributed by atoms with van der Waals surface area (Å²) in [5.74, 6) is 0.243. The minimum atomic E-state index is -4.10. The third kappa shape index (κ3) is 3.84. The fourth-order valence-electron chi connectivity index (χ4n) is 3.59. The molecule has 0 radical (unpaired) electrons. The van der Waals surface area contributed by atoms with E-state index in [1.54, 1.807) is 12.1 Å². The molecule has 1 aliphatic carbocycles. The third-order valence-electron chi connectivity index (χ3n) is 4.63. The topological polar surface area (TPSA) is 95.7 Å². The molecule has 0 aromatic heterocycles. The van der Waals surface area contributed by atoms with E-state index in [0.29, 0.717) is 5.75 Å². The summed E-state index contributed by atoms with van der Waals surface area (Å²) in [4.78, 5) is 12.4. The van der Waals surface area contributed by atoms with Crippen LogP contribution in [0.15, 0.2) is 18.2 Å². The number of carbonyl (C=O) groups is 1. The molecule has 1 aromatic carbocycles. The number of esters is 1. The second kappa shape index (κ2) is 6.49. The highest BCUT2D eigenvalue weighted by Crippen LogP contribution is 2.44. The lowest BCUT2D eigenvalue weighted by Gasteiger charge is -2.31. The summed E-state index contributed by atoms with van der Waals surface area (Å²) < 4.78 is 32.2. The van der Waals surface area contributed by atoms with E-state index in [1.165, 1.54) is 18.9 Å². The average Bonchev–Trinajstić information content (AvgIpc) is 2.57. The highest BCUT2D eigenvalue weighted by Gasteiger charge is 2.37. The maximum atomic E-state index is 12.4. The van der Waals surface area contributed by atoms with Crippen LogP contribution in [0.2, 0.25) is 0 Å². The van der Waals surface area contributed by atoms with Crippen LogP contribution in [0.4, 0.5) is 0 Å². The fourth-order valence-corrected chi connectivity index (χ4v) is 3.97. The van der Waals surface area contributed by atoms with Gasteiger partial charge in [0.15, 0.2) is 0 Å². The molecule has 0 amide bonds. The van der Waals surface area contributed by atoms with Crippen molar-refractivity contribution in [3.8, 4) is 11.5 Å². The molecule has 2 unspecified atom stereocenters. The lowest BCUT2D eigenvalue weighted by molar-refractivity contribution is -0.141. The summed E-state index contributed by atoms with van der Waals surface area (Å²) in [6, 6.07) is 4.78. The Morgan fingerprint density at radius 2 is 1.70 bits per heavy atom. The summed E-state index contributed by atoms with van der Waals surface area (Å²) >= 11 is 0. The van der Waals surface area contributed by atoms with Crippen LogP contribution in [0.3, 0.4) is 0 Å². The number of benzene rings is 1. The van der Waals surface area contributed by atoms with Crippen molar-refractivity contribution < 1.29 is 22.1 Å². The lowest BCUT2D eigenvalue weighted by Crippen LogP contribution is -2.31. The summed E-state index contributed by atoms with van der Waals surface area (Å²) in [5.41, 5.74) is 0.957. The molecular weight excluding hydrogens is 318 g/mol. The van der Waals surface area contributed by atoms with Gasteiger partial charge >= 0.3 is 16.3 Å². The maximum Gasteiger partial charge on any atom is 0.380 e. The zero-order valence-electron chi connectivity index (χ0n) is 12.9. The Kier molecular flexibility index (Phi) is 4.59. The van der Waals surface area contributed by atoms with Gasteiger partial charge in [0.05, 0.1) is 5.92 Å². The Balaban J connectivity index is 1.92. The molecular formula is C16H21NO5S. The van der Waals surface area contributed by atoms with Crippen LogP contribution >= 0.6 is 0 Å². The smallest absolute Gasteiger partial charge is 0.380 e. The molecule has 126 valence electrons. The van der Waals surface area contributed by atoms with E-state index in [9.17, 15) is 13.2 Å². The molecule has 6 nitrogen and oxygen atoms in total. The van der Waals surface area contributed by atoms with Crippen LogP contribution in [0.25, 0.3) is 0 Å². The first kappa shape index (κ1) is 16.3. The molecule has 0 bridgehead atoms. The minimum Gasteiger partial charge on any atom is -0.426 e. The van der Waals surface area contributed by atoms with Crippen LogP contribution in [-0.2, 0) is 15.1 Å². The number of rotatable bonds is 2. The van der Waals surface area contributed by atoms with Crippen LogP contribution in [0.1, 0.15) is 56.4 Å². The Labute approximate surface area is 136 Å². The zero-order chi connectivity index (χ0) is 16.4. The Morgan fingerprint density at radius 3 is 2.39 bits per heavy atom. The molecule has 0 spiro atoms. The van der Waals surface area contributed by atoms with Gasteiger partial charge in [-0.3, -0.25) is 4.79 Å². The molecule has 23 heavy (non-hydrogen) atoms. The third-order valence-corrected chi connectivity index (χ3v) is 5.05. The summed E-state index contributed by atoms with van der Waals surface area (Å²) in [6.45, 7) is 0. The number of fused-ring (bicyclic) bond motifs is 3. The van der Waals surface area contributed by atoms with Crippen LogP contribution in [0, 0.1) is 5.92 Å². The van der Waals surface area contributed by atoms with Gasteiger partial charge < -0.3 is 8.92 Å². The van der Waals surface area contributed by atoms with Crippen molar-refractivity contribution in [2.45, 2.75) is 50.9 Å². The van der Waals surface area contributed by atoms with E-state index in [1.807, 2.05) is 0 Å². The molecule has 1 aliphatic heterocycles. The van der Waals surface area contributed by atoms with E-state index in [4.69, 9.17) is 9.88 Å². The molecule has 1 saturated carbocycles. The van der Waals surface area contributed by atoms with Crippen LogP contribution in [-0.4, -0.2) is 14.4 Å². The SMILES string of the molecule is NS(=O)(=O)Oc1ccc2c(c1)OC(=O)C1CCCCCCCC21. The maximum absolute atomic E-state index is 12.4. The average molecular weight is 339 g/mol. The van der Waals surface area contributed by atoms with E-state index in [0.717, 1.165) is 37.7 Å². The standard InChI is InChI=1S/C16H21NO5S/c17-23(19,20)22-11-8-9-13-12-6-4-2-1-3-5-7-14(12)16(18)21-15(13)10-11/h8-10,12,14H,1-7H2,(H2,17,19,20). The van der Waals surface area contributed by atoms with Crippen molar-refractivity contribution in [1.82, 2.24) is 0 Å². The zero-order valence-corrected chi connectivity index (χ0v) is 13.7. The van der Waals surface area contributed by atoms with Gasteiger partial charge in [0.2, 0.25) is 0 Å². The second-order valence-corrected chi connectivity index (χ2v) is 7.41. The quantitative estimate of drug-likeness (QED) is 0.660. The molecule has 2 atom stereocenters. The molecule has 2 N–H and O–H groups in total. The largest absolute Gasteiger partial charge is 0.426 e. The summed E-state index contributed by atoms with van der Waals surface area (Å²) in [7, 11) is -4.10. The molecule has 7 heteroatoms. The van der Waals surface area contributed by atoms with E-state index in [-0.39, 0.29) is 23.6 Å². The highest BCUT2D eigenvalue weighted by atomic mass is 32.2. The number of hydrogen-bond acceptors (Lipinski definition) is 5. The van der Waals surface area contributed by atoms with Gasteiger partial charge in [-0.1, -0.05) is 38.2 Å². The molecule has 1 aromatic rings. The van der Waals surface area contributed by atoms with E-state index >= 15 is 0 Å².